The lowest BCUT2D eigenvalue weighted by Gasteiger charge is -2.21. The van der Waals surface area contributed by atoms with Crippen LogP contribution in [0, 0.1) is 11.8 Å². The predicted octanol–water partition coefficient (Wildman–Crippen LogP) is 2.28. The van der Waals surface area contributed by atoms with E-state index in [2.05, 4.69) is 0 Å². The first-order valence-electron chi connectivity index (χ1n) is 7.66. The fourth-order valence-electron chi connectivity index (χ4n) is 3.20. The van der Waals surface area contributed by atoms with Crippen LogP contribution in [0.1, 0.15) is 12.8 Å². The monoisotopic (exact) mass is 370 g/mol. The van der Waals surface area contributed by atoms with Crippen molar-refractivity contribution in [2.24, 2.45) is 11.8 Å². The van der Waals surface area contributed by atoms with E-state index in [1.54, 1.807) is 18.2 Å². The number of halogens is 2. The summed E-state index contributed by atoms with van der Waals surface area (Å²) >= 11 is 11.9. The number of rotatable bonds is 3. The molecule has 0 aromatic heterocycles. The highest BCUT2D eigenvalue weighted by Crippen LogP contribution is 2.32. The standard InChI is InChI=1S/C16H16Cl2N2O4/c17-12-2-1-10(7-13(12)18)20-6-4-11(15(20)22)14(21)19-5-3-9(8-19)16(23)24/h1-2,7,9,11H,3-6,8H2,(H,23,24)/t9-,11-/m0/s1. The fraction of sp³-hybridized carbons (Fsp3) is 0.438. The maximum absolute atomic E-state index is 12.6. The third kappa shape index (κ3) is 3.08. The highest BCUT2D eigenvalue weighted by Gasteiger charge is 2.42. The van der Waals surface area contributed by atoms with E-state index < -0.39 is 17.8 Å². The predicted molar refractivity (Wildman–Crippen MR) is 89.2 cm³/mol. The normalized spacial score (nSPS) is 23.8. The van der Waals surface area contributed by atoms with Gasteiger partial charge in [0.15, 0.2) is 0 Å². The van der Waals surface area contributed by atoms with Gasteiger partial charge in [0.25, 0.3) is 0 Å². The van der Waals surface area contributed by atoms with Crippen LogP contribution >= 0.6 is 23.2 Å². The van der Waals surface area contributed by atoms with Crippen LogP contribution in [-0.4, -0.2) is 47.4 Å². The Balaban J connectivity index is 1.71. The Kier molecular flexibility index (Phi) is 4.69. The van der Waals surface area contributed by atoms with Gasteiger partial charge in [-0.2, -0.15) is 0 Å². The molecule has 1 N–H and O–H groups in total. The van der Waals surface area contributed by atoms with Crippen LogP contribution in [0.2, 0.25) is 10.0 Å². The van der Waals surface area contributed by atoms with Crippen LogP contribution in [0.15, 0.2) is 18.2 Å². The number of carbonyl (C=O) groups is 3. The first-order valence-corrected chi connectivity index (χ1v) is 8.42. The Morgan fingerprint density at radius 2 is 1.88 bits per heavy atom. The molecule has 0 saturated carbocycles. The van der Waals surface area contributed by atoms with E-state index in [9.17, 15) is 14.4 Å². The molecule has 2 aliphatic heterocycles. The first-order chi connectivity index (χ1) is 11.4. The zero-order chi connectivity index (χ0) is 17.4. The van der Waals surface area contributed by atoms with Crippen molar-refractivity contribution in [1.29, 1.82) is 0 Å². The van der Waals surface area contributed by atoms with Crippen molar-refractivity contribution in [3.63, 3.8) is 0 Å². The largest absolute Gasteiger partial charge is 0.481 e. The van der Waals surface area contributed by atoms with Crippen LogP contribution in [-0.2, 0) is 14.4 Å². The number of nitrogens with zero attached hydrogens (tertiary/aromatic N) is 2. The zero-order valence-corrected chi connectivity index (χ0v) is 14.3. The summed E-state index contributed by atoms with van der Waals surface area (Å²) in [5.41, 5.74) is 0.606. The Hall–Kier alpha value is -1.79. The van der Waals surface area contributed by atoms with Gasteiger partial charge in [-0.1, -0.05) is 23.2 Å². The maximum Gasteiger partial charge on any atom is 0.308 e. The summed E-state index contributed by atoms with van der Waals surface area (Å²) in [6.07, 6.45) is 0.838. The molecule has 2 heterocycles. The Morgan fingerprint density at radius 3 is 2.50 bits per heavy atom. The van der Waals surface area contributed by atoms with Gasteiger partial charge in [-0.15, -0.1) is 0 Å². The van der Waals surface area contributed by atoms with Gasteiger partial charge < -0.3 is 14.9 Å². The van der Waals surface area contributed by atoms with Gasteiger partial charge in [0, 0.05) is 25.3 Å². The molecule has 2 aliphatic rings. The van der Waals surface area contributed by atoms with E-state index in [0.717, 1.165) is 0 Å². The molecule has 2 saturated heterocycles. The van der Waals surface area contributed by atoms with Crippen LogP contribution in [0.3, 0.4) is 0 Å². The molecule has 0 bridgehead atoms. The number of benzene rings is 1. The summed E-state index contributed by atoms with van der Waals surface area (Å²) in [7, 11) is 0. The summed E-state index contributed by atoms with van der Waals surface area (Å²) in [5.74, 6) is -2.77. The number of hydrogen-bond donors (Lipinski definition) is 1. The van der Waals surface area contributed by atoms with E-state index >= 15 is 0 Å². The molecule has 1 aromatic rings. The van der Waals surface area contributed by atoms with Crippen LogP contribution in [0.4, 0.5) is 5.69 Å². The maximum atomic E-state index is 12.6. The number of likely N-dealkylation sites (tertiary alicyclic amines) is 1. The minimum Gasteiger partial charge on any atom is -0.481 e. The van der Waals surface area contributed by atoms with E-state index in [-0.39, 0.29) is 18.4 Å². The number of aliphatic carboxylic acids is 1. The summed E-state index contributed by atoms with van der Waals surface area (Å²) in [5, 5.41) is 9.78. The molecule has 6 nitrogen and oxygen atoms in total. The molecule has 3 rings (SSSR count). The number of carboxylic acid groups (broad SMARTS) is 1. The van der Waals surface area contributed by atoms with Crippen LogP contribution < -0.4 is 4.90 Å². The lowest BCUT2D eigenvalue weighted by Crippen LogP contribution is -2.39. The summed E-state index contributed by atoms with van der Waals surface area (Å²) in [6, 6.07) is 4.90. The molecule has 8 heteroatoms. The lowest BCUT2D eigenvalue weighted by atomic mass is 10.1. The van der Waals surface area contributed by atoms with E-state index in [1.807, 2.05) is 0 Å². The lowest BCUT2D eigenvalue weighted by molar-refractivity contribution is -0.142. The SMILES string of the molecule is O=C(O)[C@H]1CCN(C(=O)[C@@H]2CCN(c3ccc(Cl)c(Cl)c3)C2=O)C1. The second kappa shape index (κ2) is 6.61. The average molecular weight is 371 g/mol. The van der Waals surface area contributed by atoms with Crippen molar-refractivity contribution in [3.8, 4) is 0 Å². The third-order valence-electron chi connectivity index (χ3n) is 4.57. The summed E-state index contributed by atoms with van der Waals surface area (Å²) in [6.45, 7) is 0.973. The number of amides is 2. The molecular weight excluding hydrogens is 355 g/mol. The van der Waals surface area contributed by atoms with E-state index in [4.69, 9.17) is 28.3 Å². The molecule has 0 unspecified atom stereocenters. The Bertz CT molecular complexity index is 709. The highest BCUT2D eigenvalue weighted by atomic mass is 35.5. The molecule has 2 amide bonds. The highest BCUT2D eigenvalue weighted by molar-refractivity contribution is 6.42. The molecule has 1 aromatic carbocycles. The first kappa shape index (κ1) is 17.0. The van der Waals surface area contributed by atoms with Gasteiger partial charge in [0.2, 0.25) is 11.8 Å². The number of anilines is 1. The molecule has 2 atom stereocenters. The second-order valence-electron chi connectivity index (χ2n) is 6.04. The quantitative estimate of drug-likeness (QED) is 0.827. The van der Waals surface area contributed by atoms with Crippen molar-refractivity contribution in [1.82, 2.24) is 4.90 Å². The van der Waals surface area contributed by atoms with E-state index in [1.165, 1.54) is 9.80 Å². The topological polar surface area (TPSA) is 77.9 Å². The number of carboxylic acids is 1. The number of hydrogen-bond acceptors (Lipinski definition) is 3. The van der Waals surface area contributed by atoms with Crippen molar-refractivity contribution >= 4 is 46.7 Å². The van der Waals surface area contributed by atoms with Gasteiger partial charge in [-0.05, 0) is 31.0 Å². The minimum absolute atomic E-state index is 0.171. The van der Waals surface area contributed by atoms with Crippen molar-refractivity contribution in [2.75, 3.05) is 24.5 Å². The van der Waals surface area contributed by atoms with Gasteiger partial charge in [0.1, 0.15) is 5.92 Å². The number of carbonyl (C=O) groups excluding carboxylic acids is 2. The Morgan fingerprint density at radius 1 is 1.12 bits per heavy atom. The summed E-state index contributed by atoms with van der Waals surface area (Å²) in [4.78, 5) is 39.2. The molecule has 128 valence electrons. The molecule has 0 spiro atoms. The minimum atomic E-state index is -0.902. The second-order valence-corrected chi connectivity index (χ2v) is 6.85. The van der Waals surface area contributed by atoms with E-state index in [0.29, 0.717) is 41.7 Å². The van der Waals surface area contributed by atoms with Gasteiger partial charge in [-0.3, -0.25) is 14.4 Å². The molecule has 0 radical (unpaired) electrons. The molecule has 2 fully saturated rings. The summed E-state index contributed by atoms with van der Waals surface area (Å²) < 4.78 is 0. The van der Waals surface area contributed by atoms with Crippen molar-refractivity contribution < 1.29 is 19.5 Å². The molecule has 0 aliphatic carbocycles. The zero-order valence-electron chi connectivity index (χ0n) is 12.7. The van der Waals surface area contributed by atoms with Gasteiger partial charge >= 0.3 is 5.97 Å². The van der Waals surface area contributed by atoms with Crippen molar-refractivity contribution in [3.05, 3.63) is 28.2 Å². The van der Waals surface area contributed by atoms with Crippen LogP contribution in [0.5, 0.6) is 0 Å². The molecule has 24 heavy (non-hydrogen) atoms. The fourth-order valence-corrected chi connectivity index (χ4v) is 3.49. The Labute approximate surface area is 148 Å². The third-order valence-corrected chi connectivity index (χ3v) is 5.31. The van der Waals surface area contributed by atoms with Crippen LogP contribution in [0.25, 0.3) is 0 Å². The van der Waals surface area contributed by atoms with Gasteiger partial charge in [-0.25, -0.2) is 0 Å². The molecular formula is C16H16Cl2N2O4. The average Bonchev–Trinajstić information content (AvgIpc) is 3.16. The smallest absolute Gasteiger partial charge is 0.308 e. The van der Waals surface area contributed by atoms with Crippen molar-refractivity contribution in [2.45, 2.75) is 12.8 Å². The van der Waals surface area contributed by atoms with Gasteiger partial charge in [0.05, 0.1) is 16.0 Å².